The summed E-state index contributed by atoms with van der Waals surface area (Å²) < 4.78 is 5.47. The van der Waals surface area contributed by atoms with Gasteiger partial charge in [-0.05, 0) is 30.2 Å². The van der Waals surface area contributed by atoms with Crippen LogP contribution in [0.1, 0.15) is 30.7 Å². The van der Waals surface area contributed by atoms with E-state index in [1.54, 1.807) is 0 Å². The molecule has 1 amide bonds. The van der Waals surface area contributed by atoms with Gasteiger partial charge >= 0.3 is 0 Å². The molecule has 4 nitrogen and oxygen atoms in total. The molecule has 1 unspecified atom stereocenters. The first kappa shape index (κ1) is 17.3. The summed E-state index contributed by atoms with van der Waals surface area (Å²) in [7, 11) is 0. The summed E-state index contributed by atoms with van der Waals surface area (Å²) in [6.45, 7) is 3.78. The average Bonchev–Trinajstić information content (AvgIpc) is 2.93. The van der Waals surface area contributed by atoms with E-state index in [4.69, 9.17) is 10.5 Å². The number of hydrogen-bond acceptors (Lipinski definition) is 3. The van der Waals surface area contributed by atoms with Crippen LogP contribution < -0.4 is 5.73 Å². The number of ether oxygens (including phenoxy) is 1. The Morgan fingerprint density at radius 2 is 1.91 bits per heavy atom. The molecule has 2 saturated heterocycles. The number of rotatable bonds is 3. The highest BCUT2D eigenvalue weighted by Gasteiger charge is 2.42. The fourth-order valence-corrected chi connectivity index (χ4v) is 3.62. The number of benzene rings is 1. The molecule has 1 aromatic rings. The van der Waals surface area contributed by atoms with Crippen LogP contribution in [0.25, 0.3) is 0 Å². The lowest BCUT2D eigenvalue weighted by atomic mass is 9.80. The normalized spacial score (nSPS) is 21.4. The van der Waals surface area contributed by atoms with Gasteiger partial charge in [0.2, 0.25) is 5.91 Å². The van der Waals surface area contributed by atoms with Crippen LogP contribution in [-0.2, 0) is 9.53 Å². The Hall–Kier alpha value is -1.10. The van der Waals surface area contributed by atoms with Gasteiger partial charge in [-0.1, -0.05) is 30.3 Å². The second-order valence-electron chi connectivity index (χ2n) is 6.32. The fourth-order valence-electron chi connectivity index (χ4n) is 3.62. The van der Waals surface area contributed by atoms with Gasteiger partial charge in [-0.15, -0.1) is 12.4 Å². The van der Waals surface area contributed by atoms with Crippen molar-refractivity contribution >= 4 is 18.3 Å². The number of carbonyl (C=O) groups excluding carboxylic acids is 1. The molecule has 122 valence electrons. The third-order valence-corrected chi connectivity index (χ3v) is 5.04. The SMILES string of the molecule is Cl.NCC(C(=O)N1CCC2(CCOCC2)C1)c1ccccc1. The molecule has 2 aliphatic rings. The van der Waals surface area contributed by atoms with Crippen molar-refractivity contribution in [3.8, 4) is 0 Å². The van der Waals surface area contributed by atoms with Crippen LogP contribution in [-0.4, -0.2) is 43.7 Å². The number of carbonyl (C=O) groups is 1. The highest BCUT2D eigenvalue weighted by molar-refractivity contribution is 5.85. The summed E-state index contributed by atoms with van der Waals surface area (Å²) >= 11 is 0. The Labute approximate surface area is 138 Å². The maximum atomic E-state index is 12.8. The summed E-state index contributed by atoms with van der Waals surface area (Å²) in [5.41, 5.74) is 7.20. The van der Waals surface area contributed by atoms with Crippen molar-refractivity contribution in [2.45, 2.75) is 25.2 Å². The van der Waals surface area contributed by atoms with Crippen molar-refractivity contribution < 1.29 is 9.53 Å². The van der Waals surface area contributed by atoms with E-state index in [-0.39, 0.29) is 24.2 Å². The summed E-state index contributed by atoms with van der Waals surface area (Å²) in [4.78, 5) is 14.8. The molecule has 22 heavy (non-hydrogen) atoms. The number of hydrogen-bond donors (Lipinski definition) is 1. The lowest BCUT2D eigenvalue weighted by Crippen LogP contribution is -2.39. The van der Waals surface area contributed by atoms with Crippen molar-refractivity contribution in [2.24, 2.45) is 11.1 Å². The van der Waals surface area contributed by atoms with Crippen LogP contribution in [0.2, 0.25) is 0 Å². The third kappa shape index (κ3) is 3.45. The predicted octanol–water partition coefficient (Wildman–Crippen LogP) is 2.18. The molecule has 2 fully saturated rings. The van der Waals surface area contributed by atoms with Crippen LogP contribution in [0.15, 0.2) is 30.3 Å². The Morgan fingerprint density at radius 1 is 1.23 bits per heavy atom. The zero-order valence-corrected chi connectivity index (χ0v) is 13.7. The zero-order chi connectivity index (χ0) is 14.7. The Bertz CT molecular complexity index is 489. The molecule has 2 aliphatic heterocycles. The first-order valence-electron chi connectivity index (χ1n) is 7.86. The third-order valence-electron chi connectivity index (χ3n) is 5.04. The van der Waals surface area contributed by atoms with E-state index < -0.39 is 0 Å². The molecule has 0 aromatic heterocycles. The summed E-state index contributed by atoms with van der Waals surface area (Å²) in [5, 5.41) is 0. The van der Waals surface area contributed by atoms with Gasteiger partial charge in [-0.3, -0.25) is 4.79 Å². The van der Waals surface area contributed by atoms with Crippen molar-refractivity contribution in [2.75, 3.05) is 32.8 Å². The van der Waals surface area contributed by atoms with Gasteiger partial charge < -0.3 is 15.4 Å². The molecule has 0 bridgehead atoms. The molecule has 1 atom stereocenters. The standard InChI is InChI=1S/C17H24N2O2.ClH/c18-12-15(14-4-2-1-3-5-14)16(20)19-9-6-17(13-19)7-10-21-11-8-17;/h1-5,15H,6-13,18H2;1H. The molecule has 0 aliphatic carbocycles. The Balaban J connectivity index is 0.00000176. The monoisotopic (exact) mass is 324 g/mol. The first-order valence-corrected chi connectivity index (χ1v) is 7.86. The first-order chi connectivity index (χ1) is 10.2. The van der Waals surface area contributed by atoms with E-state index in [2.05, 4.69) is 0 Å². The van der Waals surface area contributed by atoms with Gasteiger partial charge in [0.15, 0.2) is 0 Å². The van der Waals surface area contributed by atoms with Crippen molar-refractivity contribution in [1.29, 1.82) is 0 Å². The van der Waals surface area contributed by atoms with Crippen LogP contribution in [0.3, 0.4) is 0 Å². The van der Waals surface area contributed by atoms with Gasteiger partial charge in [-0.2, -0.15) is 0 Å². The molecular formula is C17H25ClN2O2. The van der Waals surface area contributed by atoms with Gasteiger partial charge in [0.25, 0.3) is 0 Å². The number of halogens is 1. The van der Waals surface area contributed by atoms with Crippen LogP contribution in [0.5, 0.6) is 0 Å². The minimum absolute atomic E-state index is 0. The molecule has 1 spiro atoms. The molecule has 2 heterocycles. The van der Waals surface area contributed by atoms with E-state index in [1.165, 1.54) is 0 Å². The van der Waals surface area contributed by atoms with Crippen LogP contribution >= 0.6 is 12.4 Å². The lowest BCUT2D eigenvalue weighted by Gasteiger charge is -2.33. The van der Waals surface area contributed by atoms with Crippen LogP contribution in [0, 0.1) is 5.41 Å². The molecule has 3 rings (SSSR count). The van der Waals surface area contributed by atoms with Crippen molar-refractivity contribution in [3.63, 3.8) is 0 Å². The average molecular weight is 325 g/mol. The van der Waals surface area contributed by atoms with Crippen molar-refractivity contribution in [1.82, 2.24) is 4.90 Å². The van der Waals surface area contributed by atoms with E-state index in [0.29, 0.717) is 12.0 Å². The maximum absolute atomic E-state index is 12.8. The molecule has 0 radical (unpaired) electrons. The second-order valence-corrected chi connectivity index (χ2v) is 6.32. The Morgan fingerprint density at radius 3 is 2.55 bits per heavy atom. The van der Waals surface area contributed by atoms with E-state index in [1.807, 2.05) is 35.2 Å². The Kier molecular flexibility index (Phi) is 5.84. The van der Waals surface area contributed by atoms with E-state index >= 15 is 0 Å². The van der Waals surface area contributed by atoms with Gasteiger partial charge in [-0.25, -0.2) is 0 Å². The topological polar surface area (TPSA) is 55.6 Å². The highest BCUT2D eigenvalue weighted by Crippen LogP contribution is 2.40. The van der Waals surface area contributed by atoms with Gasteiger partial charge in [0.05, 0.1) is 5.92 Å². The lowest BCUT2D eigenvalue weighted by molar-refractivity contribution is -0.132. The van der Waals surface area contributed by atoms with Gasteiger partial charge in [0, 0.05) is 32.8 Å². The number of likely N-dealkylation sites (tertiary alicyclic amines) is 1. The largest absolute Gasteiger partial charge is 0.381 e. The minimum Gasteiger partial charge on any atom is -0.381 e. The smallest absolute Gasteiger partial charge is 0.231 e. The van der Waals surface area contributed by atoms with Gasteiger partial charge in [0.1, 0.15) is 0 Å². The summed E-state index contributed by atoms with van der Waals surface area (Å²) in [6.07, 6.45) is 3.26. The second kappa shape index (κ2) is 7.44. The zero-order valence-electron chi connectivity index (χ0n) is 12.9. The van der Waals surface area contributed by atoms with Crippen molar-refractivity contribution in [3.05, 3.63) is 35.9 Å². The maximum Gasteiger partial charge on any atom is 0.231 e. The van der Waals surface area contributed by atoms with Crippen LogP contribution in [0.4, 0.5) is 0 Å². The number of nitrogens with two attached hydrogens (primary N) is 1. The highest BCUT2D eigenvalue weighted by atomic mass is 35.5. The molecule has 5 heteroatoms. The number of amides is 1. The van der Waals surface area contributed by atoms with E-state index in [9.17, 15) is 4.79 Å². The fraction of sp³-hybridized carbons (Fsp3) is 0.588. The molecule has 1 aromatic carbocycles. The quantitative estimate of drug-likeness (QED) is 0.927. The predicted molar refractivity (Wildman–Crippen MR) is 89.2 cm³/mol. The molecule has 2 N–H and O–H groups in total. The van der Waals surface area contributed by atoms with E-state index in [0.717, 1.165) is 51.1 Å². The molecule has 0 saturated carbocycles. The minimum atomic E-state index is -0.207. The summed E-state index contributed by atoms with van der Waals surface area (Å²) in [5.74, 6) is -0.0201. The number of nitrogens with zero attached hydrogens (tertiary/aromatic N) is 1. The molecular weight excluding hydrogens is 300 g/mol. The summed E-state index contributed by atoms with van der Waals surface area (Å²) in [6, 6.07) is 9.89.